The topological polar surface area (TPSA) is 3.24 Å². The summed E-state index contributed by atoms with van der Waals surface area (Å²) in [6.07, 6.45) is 14.7. The third-order valence-electron chi connectivity index (χ3n) is 10.2. The van der Waals surface area contributed by atoms with E-state index in [4.69, 9.17) is 0 Å². The number of aryl methyl sites for hydroxylation is 1. The lowest BCUT2D eigenvalue weighted by Crippen LogP contribution is -2.30. The number of hydrogen-bond donors (Lipinski definition) is 0. The minimum atomic E-state index is 0.126. The number of hydrogen-bond acceptors (Lipinski definition) is 1. The monoisotopic (exact) mass is 627 g/mol. The molecule has 7 aromatic rings. The summed E-state index contributed by atoms with van der Waals surface area (Å²) >= 11 is 0. The molecular formula is C48H37N. The van der Waals surface area contributed by atoms with Crippen LogP contribution in [-0.4, -0.2) is 6.04 Å². The fourth-order valence-electron chi connectivity index (χ4n) is 7.92. The average Bonchev–Trinajstić information content (AvgIpc) is 3.18. The standard InChI is InChI=1S/C48H37N/c1-4-25-43-34(13-1)16-10-28-46(43)37-19-7-22-40(31-37)49(41-23-8-20-38(32-41)47-29-11-17-35-14-2-5-26-44(35)47)42-24-9-21-39(33-42)48-30-12-18-36-15-3-6-27-45(36)48/h1-2,4-14,16-31,33,41H,3,15,32H2. The number of anilines is 2. The third-order valence-corrected chi connectivity index (χ3v) is 10.2. The highest BCUT2D eigenvalue weighted by molar-refractivity contribution is 5.98. The zero-order chi connectivity index (χ0) is 32.6. The van der Waals surface area contributed by atoms with Crippen molar-refractivity contribution in [3.63, 3.8) is 0 Å². The second-order valence-electron chi connectivity index (χ2n) is 13.2. The van der Waals surface area contributed by atoms with E-state index in [1.54, 1.807) is 0 Å². The van der Waals surface area contributed by atoms with Crippen LogP contribution in [0.15, 0.2) is 176 Å². The first-order chi connectivity index (χ1) is 24.3. The van der Waals surface area contributed by atoms with Crippen LogP contribution < -0.4 is 4.90 Å². The zero-order valence-corrected chi connectivity index (χ0v) is 27.5. The first-order valence-corrected chi connectivity index (χ1v) is 17.4. The molecule has 49 heavy (non-hydrogen) atoms. The molecule has 0 aliphatic heterocycles. The molecule has 0 aromatic heterocycles. The van der Waals surface area contributed by atoms with E-state index in [0.29, 0.717) is 0 Å². The zero-order valence-electron chi connectivity index (χ0n) is 27.5. The van der Waals surface area contributed by atoms with Crippen LogP contribution in [0.25, 0.3) is 55.4 Å². The van der Waals surface area contributed by atoms with Gasteiger partial charge in [-0.25, -0.2) is 0 Å². The lowest BCUT2D eigenvalue weighted by Gasteiger charge is -2.35. The predicted octanol–water partition coefficient (Wildman–Crippen LogP) is 12.8. The molecule has 234 valence electrons. The molecule has 0 heterocycles. The van der Waals surface area contributed by atoms with Crippen molar-refractivity contribution in [3.8, 4) is 22.3 Å². The van der Waals surface area contributed by atoms with Crippen LogP contribution in [0, 0.1) is 0 Å². The average molecular weight is 628 g/mol. The summed E-state index contributed by atoms with van der Waals surface area (Å²) in [6, 6.07) is 55.9. The Kier molecular flexibility index (Phi) is 7.52. The summed E-state index contributed by atoms with van der Waals surface area (Å²) in [6.45, 7) is 0. The quantitative estimate of drug-likeness (QED) is 0.177. The maximum absolute atomic E-state index is 2.55. The van der Waals surface area contributed by atoms with E-state index in [1.165, 1.54) is 77.4 Å². The van der Waals surface area contributed by atoms with E-state index < -0.39 is 0 Å². The highest BCUT2D eigenvalue weighted by Gasteiger charge is 2.24. The van der Waals surface area contributed by atoms with Crippen LogP contribution in [0.2, 0.25) is 0 Å². The molecule has 2 aliphatic carbocycles. The van der Waals surface area contributed by atoms with E-state index >= 15 is 0 Å². The van der Waals surface area contributed by atoms with Gasteiger partial charge < -0.3 is 4.90 Å². The van der Waals surface area contributed by atoms with Crippen molar-refractivity contribution in [2.45, 2.75) is 25.3 Å². The molecule has 0 spiro atoms. The maximum Gasteiger partial charge on any atom is 0.0565 e. The summed E-state index contributed by atoms with van der Waals surface area (Å²) in [5.41, 5.74) is 12.9. The van der Waals surface area contributed by atoms with Gasteiger partial charge in [0.2, 0.25) is 0 Å². The normalized spacial score (nSPS) is 15.3. The third kappa shape index (κ3) is 5.48. The van der Waals surface area contributed by atoms with Gasteiger partial charge in [-0.15, -0.1) is 0 Å². The van der Waals surface area contributed by atoms with Crippen molar-refractivity contribution in [2.75, 3.05) is 4.90 Å². The second kappa shape index (κ2) is 12.6. The molecule has 2 aliphatic rings. The molecule has 0 amide bonds. The lowest BCUT2D eigenvalue weighted by molar-refractivity contribution is 0.796. The van der Waals surface area contributed by atoms with Gasteiger partial charge in [0.05, 0.1) is 6.04 Å². The largest absolute Gasteiger partial charge is 0.334 e. The highest BCUT2D eigenvalue weighted by atomic mass is 15.2. The Morgan fingerprint density at radius 1 is 0.531 bits per heavy atom. The van der Waals surface area contributed by atoms with Gasteiger partial charge in [0.15, 0.2) is 0 Å². The number of fused-ring (bicyclic) bond motifs is 3. The Morgan fingerprint density at radius 3 is 1.88 bits per heavy atom. The molecule has 0 N–H and O–H groups in total. The highest BCUT2D eigenvalue weighted by Crippen LogP contribution is 2.41. The Balaban J connectivity index is 1.18. The van der Waals surface area contributed by atoms with Crippen LogP contribution >= 0.6 is 0 Å². The minimum Gasteiger partial charge on any atom is -0.334 e. The summed E-state index contributed by atoms with van der Waals surface area (Å²) in [4.78, 5) is 2.55. The molecule has 0 radical (unpaired) electrons. The van der Waals surface area contributed by atoms with Crippen LogP contribution in [0.3, 0.4) is 0 Å². The molecule has 1 nitrogen and oxygen atoms in total. The minimum absolute atomic E-state index is 0.126. The lowest BCUT2D eigenvalue weighted by atomic mass is 9.88. The predicted molar refractivity (Wildman–Crippen MR) is 210 cm³/mol. The summed E-state index contributed by atoms with van der Waals surface area (Å²) in [5.74, 6) is 0. The summed E-state index contributed by atoms with van der Waals surface area (Å²) in [7, 11) is 0. The van der Waals surface area contributed by atoms with Crippen molar-refractivity contribution >= 4 is 44.6 Å². The van der Waals surface area contributed by atoms with E-state index in [1.807, 2.05) is 0 Å². The molecular weight excluding hydrogens is 591 g/mol. The van der Waals surface area contributed by atoms with E-state index in [0.717, 1.165) is 19.3 Å². The molecule has 0 fully saturated rings. The van der Waals surface area contributed by atoms with Gasteiger partial charge in [-0.05, 0) is 110 Å². The van der Waals surface area contributed by atoms with Crippen molar-refractivity contribution < 1.29 is 0 Å². The summed E-state index contributed by atoms with van der Waals surface area (Å²) in [5, 5.41) is 5.12. The van der Waals surface area contributed by atoms with Gasteiger partial charge in [-0.3, -0.25) is 0 Å². The van der Waals surface area contributed by atoms with Crippen molar-refractivity contribution in [2.24, 2.45) is 0 Å². The van der Waals surface area contributed by atoms with E-state index in [2.05, 4.69) is 187 Å². The van der Waals surface area contributed by atoms with Gasteiger partial charge >= 0.3 is 0 Å². The van der Waals surface area contributed by atoms with Gasteiger partial charge in [-0.1, -0.05) is 158 Å². The van der Waals surface area contributed by atoms with Crippen molar-refractivity contribution in [3.05, 3.63) is 193 Å². The van der Waals surface area contributed by atoms with Crippen molar-refractivity contribution in [1.29, 1.82) is 0 Å². The van der Waals surface area contributed by atoms with Gasteiger partial charge in [0, 0.05) is 11.4 Å². The van der Waals surface area contributed by atoms with E-state index in [-0.39, 0.29) is 6.04 Å². The molecule has 1 unspecified atom stereocenters. The Morgan fingerprint density at radius 2 is 1.12 bits per heavy atom. The maximum atomic E-state index is 2.55. The number of allylic oxidation sites excluding steroid dienone is 3. The summed E-state index contributed by atoms with van der Waals surface area (Å²) < 4.78 is 0. The van der Waals surface area contributed by atoms with Gasteiger partial charge in [0.1, 0.15) is 0 Å². The van der Waals surface area contributed by atoms with Gasteiger partial charge in [0.25, 0.3) is 0 Å². The molecule has 7 aromatic carbocycles. The smallest absolute Gasteiger partial charge is 0.0565 e. The number of rotatable bonds is 6. The Labute approximate surface area is 288 Å². The molecule has 0 saturated carbocycles. The van der Waals surface area contributed by atoms with Gasteiger partial charge in [-0.2, -0.15) is 0 Å². The fourth-order valence-corrected chi connectivity index (χ4v) is 7.92. The Bertz CT molecular complexity index is 2430. The van der Waals surface area contributed by atoms with Crippen LogP contribution in [0.4, 0.5) is 11.4 Å². The second-order valence-corrected chi connectivity index (χ2v) is 13.2. The first-order valence-electron chi connectivity index (χ1n) is 17.4. The SMILES string of the molecule is C1=CC(N(c2cccc(-c3cccc4c3C=CCC4)c2)c2cccc(-c3cccc4ccccc34)c2)CC(c2cccc3ccccc23)=C1. The van der Waals surface area contributed by atoms with Crippen LogP contribution in [-0.2, 0) is 6.42 Å². The molecule has 0 saturated heterocycles. The van der Waals surface area contributed by atoms with Crippen LogP contribution in [0.1, 0.15) is 29.5 Å². The molecule has 9 rings (SSSR count). The number of nitrogens with zero attached hydrogens (tertiary/aromatic N) is 1. The number of benzene rings is 7. The van der Waals surface area contributed by atoms with E-state index in [9.17, 15) is 0 Å². The molecule has 1 heteroatoms. The molecule has 1 atom stereocenters. The Hall–Kier alpha value is -5.92. The van der Waals surface area contributed by atoms with Crippen molar-refractivity contribution in [1.82, 2.24) is 0 Å². The fraction of sp³-hybridized carbons (Fsp3) is 0.0833. The van der Waals surface area contributed by atoms with Crippen LogP contribution in [0.5, 0.6) is 0 Å². The first kappa shape index (κ1) is 29.2. The molecule has 0 bridgehead atoms.